The molecule has 0 radical (unpaired) electrons. The maximum atomic E-state index is 4.46. The van der Waals surface area contributed by atoms with E-state index in [1.54, 1.807) is 12.7 Å². The zero-order valence-corrected chi connectivity index (χ0v) is 14.0. The number of nitrogens with one attached hydrogen (secondary N) is 2. The van der Waals surface area contributed by atoms with Crippen molar-refractivity contribution in [3.63, 3.8) is 0 Å². The van der Waals surface area contributed by atoms with Crippen molar-refractivity contribution < 1.29 is 0 Å². The van der Waals surface area contributed by atoms with Crippen molar-refractivity contribution in [1.82, 2.24) is 19.9 Å². The van der Waals surface area contributed by atoms with E-state index in [2.05, 4.69) is 35.5 Å². The van der Waals surface area contributed by atoms with Crippen LogP contribution in [0.4, 0.5) is 17.5 Å². The van der Waals surface area contributed by atoms with Gasteiger partial charge in [-0.15, -0.1) is 0 Å². The van der Waals surface area contributed by atoms with Gasteiger partial charge in [-0.2, -0.15) is 0 Å². The highest BCUT2D eigenvalue weighted by Crippen LogP contribution is 2.27. The predicted octanol–water partition coefficient (Wildman–Crippen LogP) is 1.88. The largest absolute Gasteiger partial charge is 0.373 e. The Bertz CT molecular complexity index is 718. The molecule has 0 spiro atoms. The van der Waals surface area contributed by atoms with Crippen LogP contribution in [0, 0.1) is 0 Å². The summed E-state index contributed by atoms with van der Waals surface area (Å²) in [5.74, 6) is 2.86. The van der Waals surface area contributed by atoms with Crippen LogP contribution in [0.5, 0.6) is 0 Å². The Morgan fingerprint density at radius 3 is 2.96 bits per heavy atom. The lowest BCUT2D eigenvalue weighted by Gasteiger charge is -2.26. The topological polar surface area (TPSA) is 78.9 Å². The number of anilines is 3. The number of rotatable bonds is 5. The average Bonchev–Trinajstić information content (AvgIpc) is 3.29. The fraction of sp³-hybridized carbons (Fsp3) is 0.529. The van der Waals surface area contributed by atoms with E-state index in [1.165, 1.54) is 30.5 Å². The SMILES string of the molecule is CNc1cc(N2CCC[C@H]2CNc2ncnc3c2CCC3)ncn1. The first kappa shape index (κ1) is 15.1. The number of hydrogen-bond acceptors (Lipinski definition) is 7. The summed E-state index contributed by atoms with van der Waals surface area (Å²) in [5, 5.41) is 6.64. The molecule has 0 aromatic carbocycles. The second kappa shape index (κ2) is 6.59. The molecule has 2 aromatic heterocycles. The highest BCUT2D eigenvalue weighted by Gasteiger charge is 2.26. The van der Waals surface area contributed by atoms with E-state index in [0.29, 0.717) is 6.04 Å². The van der Waals surface area contributed by atoms with E-state index < -0.39 is 0 Å². The highest BCUT2D eigenvalue weighted by molar-refractivity contribution is 5.51. The Morgan fingerprint density at radius 1 is 1.12 bits per heavy atom. The van der Waals surface area contributed by atoms with Crippen LogP contribution in [0.2, 0.25) is 0 Å². The van der Waals surface area contributed by atoms with Gasteiger partial charge in [0.05, 0.1) is 0 Å². The van der Waals surface area contributed by atoms with Crippen molar-refractivity contribution in [3.8, 4) is 0 Å². The molecule has 1 saturated heterocycles. The van der Waals surface area contributed by atoms with Gasteiger partial charge in [-0.1, -0.05) is 0 Å². The van der Waals surface area contributed by atoms with Gasteiger partial charge in [0.15, 0.2) is 0 Å². The Labute approximate surface area is 141 Å². The van der Waals surface area contributed by atoms with E-state index in [1.807, 2.05) is 13.1 Å². The van der Waals surface area contributed by atoms with Gasteiger partial charge in [-0.05, 0) is 32.1 Å². The van der Waals surface area contributed by atoms with Gasteiger partial charge < -0.3 is 15.5 Å². The lowest BCUT2D eigenvalue weighted by atomic mass is 10.2. The smallest absolute Gasteiger partial charge is 0.134 e. The Hall–Kier alpha value is -2.44. The summed E-state index contributed by atoms with van der Waals surface area (Å²) >= 11 is 0. The van der Waals surface area contributed by atoms with Crippen molar-refractivity contribution >= 4 is 17.5 Å². The van der Waals surface area contributed by atoms with Gasteiger partial charge in [-0.25, -0.2) is 19.9 Å². The quantitative estimate of drug-likeness (QED) is 0.869. The molecule has 2 aliphatic rings. The summed E-state index contributed by atoms with van der Waals surface area (Å²) in [5.41, 5.74) is 2.52. The van der Waals surface area contributed by atoms with Crippen LogP contribution >= 0.6 is 0 Å². The van der Waals surface area contributed by atoms with E-state index in [-0.39, 0.29) is 0 Å². The van der Waals surface area contributed by atoms with Gasteiger partial charge in [-0.3, -0.25) is 0 Å². The molecular weight excluding hydrogens is 302 g/mol. The molecule has 0 saturated carbocycles. The average molecular weight is 325 g/mol. The molecule has 4 rings (SSSR count). The monoisotopic (exact) mass is 325 g/mol. The van der Waals surface area contributed by atoms with E-state index in [4.69, 9.17) is 0 Å². The fourth-order valence-corrected chi connectivity index (χ4v) is 3.72. The summed E-state index contributed by atoms with van der Waals surface area (Å²) < 4.78 is 0. The molecule has 1 aliphatic carbocycles. The minimum Gasteiger partial charge on any atom is -0.373 e. The van der Waals surface area contributed by atoms with Gasteiger partial charge in [0.1, 0.15) is 30.1 Å². The molecule has 7 nitrogen and oxygen atoms in total. The first-order chi connectivity index (χ1) is 11.8. The predicted molar refractivity (Wildman–Crippen MR) is 94.5 cm³/mol. The number of aryl methyl sites for hydroxylation is 1. The van der Waals surface area contributed by atoms with Crippen molar-refractivity contribution in [1.29, 1.82) is 0 Å². The fourth-order valence-electron chi connectivity index (χ4n) is 3.72. The summed E-state index contributed by atoms with van der Waals surface area (Å²) in [4.78, 5) is 19.9. The van der Waals surface area contributed by atoms with Crippen LogP contribution in [-0.2, 0) is 12.8 Å². The summed E-state index contributed by atoms with van der Waals surface area (Å²) in [6.07, 6.45) is 9.02. The molecule has 0 unspecified atom stereocenters. The molecule has 0 bridgehead atoms. The first-order valence-corrected chi connectivity index (χ1v) is 8.68. The van der Waals surface area contributed by atoms with Crippen LogP contribution in [0.3, 0.4) is 0 Å². The Morgan fingerprint density at radius 2 is 2.04 bits per heavy atom. The molecule has 126 valence electrons. The minimum absolute atomic E-state index is 0.427. The molecular formula is C17H23N7. The molecule has 1 aliphatic heterocycles. The molecule has 3 heterocycles. The van der Waals surface area contributed by atoms with Crippen LogP contribution < -0.4 is 15.5 Å². The second-order valence-corrected chi connectivity index (χ2v) is 6.38. The number of fused-ring (bicyclic) bond motifs is 1. The van der Waals surface area contributed by atoms with E-state index in [0.717, 1.165) is 43.4 Å². The Kier molecular flexibility index (Phi) is 4.15. The first-order valence-electron chi connectivity index (χ1n) is 8.68. The van der Waals surface area contributed by atoms with Crippen LogP contribution in [0.15, 0.2) is 18.7 Å². The maximum absolute atomic E-state index is 4.46. The zero-order chi connectivity index (χ0) is 16.4. The third-order valence-electron chi connectivity index (χ3n) is 4.96. The highest BCUT2D eigenvalue weighted by atomic mass is 15.3. The van der Waals surface area contributed by atoms with Crippen molar-refractivity contribution in [3.05, 3.63) is 30.0 Å². The lowest BCUT2D eigenvalue weighted by Crippen LogP contribution is -2.35. The normalized spacial score (nSPS) is 19.4. The number of aromatic nitrogens is 4. The van der Waals surface area contributed by atoms with Gasteiger partial charge >= 0.3 is 0 Å². The third-order valence-corrected chi connectivity index (χ3v) is 4.96. The van der Waals surface area contributed by atoms with E-state index in [9.17, 15) is 0 Å². The molecule has 0 amide bonds. The molecule has 2 aromatic rings. The second-order valence-electron chi connectivity index (χ2n) is 6.38. The molecule has 24 heavy (non-hydrogen) atoms. The summed E-state index contributed by atoms with van der Waals surface area (Å²) in [6, 6.07) is 2.44. The molecule has 1 fully saturated rings. The van der Waals surface area contributed by atoms with E-state index >= 15 is 0 Å². The van der Waals surface area contributed by atoms with Crippen LogP contribution in [-0.4, -0.2) is 46.1 Å². The van der Waals surface area contributed by atoms with Gasteiger partial charge in [0, 0.05) is 43.5 Å². The zero-order valence-electron chi connectivity index (χ0n) is 14.0. The number of hydrogen-bond donors (Lipinski definition) is 2. The molecule has 1 atom stereocenters. The summed E-state index contributed by atoms with van der Waals surface area (Å²) in [7, 11) is 1.88. The standard InChI is InChI=1S/C17H23N7/c1-18-15-8-16(22-11-21-15)24-7-3-4-12(24)9-19-17-13-5-2-6-14(13)20-10-23-17/h8,10-12H,2-7,9H2,1H3,(H,18,21,22)(H,19,20,23)/t12-/m0/s1. The van der Waals surface area contributed by atoms with Crippen molar-refractivity contribution in [2.24, 2.45) is 0 Å². The van der Waals surface area contributed by atoms with Crippen LogP contribution in [0.1, 0.15) is 30.5 Å². The van der Waals surface area contributed by atoms with Crippen molar-refractivity contribution in [2.45, 2.75) is 38.1 Å². The van der Waals surface area contributed by atoms with Crippen molar-refractivity contribution in [2.75, 3.05) is 35.7 Å². The van der Waals surface area contributed by atoms with Gasteiger partial charge in [0.2, 0.25) is 0 Å². The van der Waals surface area contributed by atoms with Gasteiger partial charge in [0.25, 0.3) is 0 Å². The summed E-state index contributed by atoms with van der Waals surface area (Å²) in [6.45, 7) is 1.91. The lowest BCUT2D eigenvalue weighted by molar-refractivity contribution is 0.688. The molecule has 2 N–H and O–H groups in total. The number of nitrogens with zero attached hydrogens (tertiary/aromatic N) is 5. The molecule has 7 heteroatoms. The van der Waals surface area contributed by atoms with Crippen LogP contribution in [0.25, 0.3) is 0 Å². The minimum atomic E-state index is 0.427. The third kappa shape index (κ3) is 2.86. The maximum Gasteiger partial charge on any atom is 0.134 e. The Balaban J connectivity index is 1.47.